The van der Waals surface area contributed by atoms with Gasteiger partial charge in [-0.15, -0.1) is 0 Å². The number of aliphatic carboxylic acids is 1. The van der Waals surface area contributed by atoms with Gasteiger partial charge in [0.25, 0.3) is 0 Å². The normalized spacial score (nSPS) is 14.6. The number of benzene rings is 3. The van der Waals surface area contributed by atoms with Gasteiger partial charge in [0.15, 0.2) is 5.60 Å². The van der Waals surface area contributed by atoms with E-state index in [4.69, 9.17) is 4.74 Å². The van der Waals surface area contributed by atoms with Crippen LogP contribution in [0.4, 0.5) is 5.69 Å². The minimum absolute atomic E-state index is 0.0596. The molecule has 1 aliphatic rings. The van der Waals surface area contributed by atoms with E-state index in [2.05, 4.69) is 65.7 Å². The highest BCUT2D eigenvalue weighted by molar-refractivity contribution is 5.79. The molecule has 0 radical (unpaired) electrons. The zero-order valence-electron chi connectivity index (χ0n) is 22.6. The number of nitrogens with zero attached hydrogens (tertiary/aromatic N) is 1. The van der Waals surface area contributed by atoms with Crippen LogP contribution in [-0.2, 0) is 22.4 Å². The zero-order chi connectivity index (χ0) is 27.1. The Labute approximate surface area is 225 Å². The molecule has 1 fully saturated rings. The van der Waals surface area contributed by atoms with Crippen molar-refractivity contribution in [2.75, 3.05) is 18.0 Å². The molecule has 1 heterocycles. The predicted molar refractivity (Wildman–Crippen MR) is 151 cm³/mol. The highest BCUT2D eigenvalue weighted by Crippen LogP contribution is 2.31. The Balaban J connectivity index is 1.53. The number of nitrogens with one attached hydrogen (secondary N) is 1. The first-order chi connectivity index (χ1) is 18.2. The first-order valence-electron chi connectivity index (χ1n) is 13.4. The van der Waals surface area contributed by atoms with Crippen molar-refractivity contribution >= 4 is 17.6 Å². The van der Waals surface area contributed by atoms with E-state index in [0.29, 0.717) is 12.2 Å². The van der Waals surface area contributed by atoms with E-state index >= 15 is 0 Å². The van der Waals surface area contributed by atoms with E-state index in [0.717, 1.165) is 24.2 Å². The van der Waals surface area contributed by atoms with Crippen LogP contribution in [0.3, 0.4) is 0 Å². The highest BCUT2D eigenvalue weighted by atomic mass is 16.5. The topological polar surface area (TPSA) is 78.9 Å². The zero-order valence-corrected chi connectivity index (χ0v) is 22.6. The fourth-order valence-electron chi connectivity index (χ4n) is 4.96. The lowest BCUT2D eigenvalue weighted by molar-refractivity contribution is -0.152. The Morgan fingerprint density at radius 3 is 2.34 bits per heavy atom. The number of hydrogen-bond donors (Lipinski definition) is 2. The summed E-state index contributed by atoms with van der Waals surface area (Å²) in [7, 11) is 0. The molecule has 0 aliphatic carbocycles. The number of carboxylic acids is 1. The monoisotopic (exact) mass is 514 g/mol. The molecule has 3 aromatic rings. The van der Waals surface area contributed by atoms with Crippen molar-refractivity contribution < 1.29 is 19.4 Å². The number of carbonyl (C=O) groups excluding carboxylic acids is 1. The third kappa shape index (κ3) is 7.15. The number of ether oxygens (including phenoxy) is 1. The molecule has 1 amide bonds. The first-order valence-corrected chi connectivity index (χ1v) is 13.4. The van der Waals surface area contributed by atoms with E-state index < -0.39 is 11.6 Å². The Morgan fingerprint density at radius 2 is 1.66 bits per heavy atom. The molecule has 0 saturated carbocycles. The van der Waals surface area contributed by atoms with Crippen molar-refractivity contribution in [1.82, 2.24) is 5.32 Å². The molecule has 2 N–H and O–H groups in total. The van der Waals surface area contributed by atoms with Gasteiger partial charge in [-0.05, 0) is 81.3 Å². The van der Waals surface area contributed by atoms with Crippen LogP contribution in [0.25, 0.3) is 0 Å². The molecule has 0 spiro atoms. The smallest absolute Gasteiger partial charge is 0.347 e. The minimum Gasteiger partial charge on any atom is -0.478 e. The number of amides is 1. The second kappa shape index (κ2) is 12.2. The summed E-state index contributed by atoms with van der Waals surface area (Å²) in [5.41, 5.74) is 4.23. The molecular formula is C32H38N2O4. The third-order valence-corrected chi connectivity index (χ3v) is 7.04. The molecule has 38 heavy (non-hydrogen) atoms. The quantitative estimate of drug-likeness (QED) is 0.354. The van der Waals surface area contributed by atoms with Gasteiger partial charge in [0.05, 0.1) is 12.5 Å². The average molecular weight is 515 g/mol. The molecule has 1 atom stereocenters. The maximum absolute atomic E-state index is 13.3. The number of aryl methyl sites for hydroxylation is 1. The lowest BCUT2D eigenvalue weighted by Crippen LogP contribution is -2.37. The van der Waals surface area contributed by atoms with Crippen LogP contribution in [0.15, 0.2) is 72.8 Å². The SMILES string of the molecule is Cc1cccc(CC(NC(=O)Cc2ccc(OC(C)(C)C(=O)O)cc2)c2ccccc2N2CCCCC2)c1. The maximum atomic E-state index is 13.3. The number of para-hydroxylation sites is 1. The third-order valence-electron chi connectivity index (χ3n) is 7.04. The summed E-state index contributed by atoms with van der Waals surface area (Å²) in [6.07, 6.45) is 4.56. The van der Waals surface area contributed by atoms with Crippen LogP contribution >= 0.6 is 0 Å². The Morgan fingerprint density at radius 1 is 0.947 bits per heavy atom. The molecule has 3 aromatic carbocycles. The summed E-state index contributed by atoms with van der Waals surface area (Å²) in [6.45, 7) is 7.17. The van der Waals surface area contributed by atoms with E-state index in [1.807, 2.05) is 12.1 Å². The van der Waals surface area contributed by atoms with Crippen LogP contribution in [-0.4, -0.2) is 35.7 Å². The molecule has 4 rings (SSSR count). The van der Waals surface area contributed by atoms with Gasteiger partial charge in [-0.1, -0.05) is 60.2 Å². The van der Waals surface area contributed by atoms with Crippen molar-refractivity contribution in [2.24, 2.45) is 0 Å². The number of carbonyl (C=O) groups is 2. The van der Waals surface area contributed by atoms with Gasteiger partial charge in [0.1, 0.15) is 5.75 Å². The molecule has 1 aliphatic heterocycles. The summed E-state index contributed by atoms with van der Waals surface area (Å²) >= 11 is 0. The second-order valence-corrected chi connectivity index (χ2v) is 10.7. The minimum atomic E-state index is -1.33. The number of rotatable bonds is 10. The van der Waals surface area contributed by atoms with Crippen molar-refractivity contribution in [1.29, 1.82) is 0 Å². The maximum Gasteiger partial charge on any atom is 0.347 e. The largest absolute Gasteiger partial charge is 0.478 e. The summed E-state index contributed by atoms with van der Waals surface area (Å²) in [5, 5.41) is 12.6. The van der Waals surface area contributed by atoms with E-state index in [9.17, 15) is 14.7 Å². The number of hydrogen-bond acceptors (Lipinski definition) is 4. The van der Waals surface area contributed by atoms with Crippen molar-refractivity contribution in [3.8, 4) is 5.75 Å². The van der Waals surface area contributed by atoms with Crippen molar-refractivity contribution in [2.45, 2.75) is 64.5 Å². The molecule has 1 unspecified atom stereocenters. The standard InChI is InChI=1S/C32H38N2O4/c1-23-10-9-11-25(20-23)21-28(27-12-5-6-13-29(27)34-18-7-4-8-19-34)33-30(35)22-24-14-16-26(17-15-24)38-32(2,3)31(36)37/h5-6,9-17,20,28H,4,7-8,18-19,21-22H2,1-3H3,(H,33,35)(H,36,37). The van der Waals surface area contributed by atoms with Gasteiger partial charge in [-0.3, -0.25) is 4.79 Å². The summed E-state index contributed by atoms with van der Waals surface area (Å²) in [5.74, 6) is -0.643. The summed E-state index contributed by atoms with van der Waals surface area (Å²) in [6, 6.07) is 23.8. The average Bonchev–Trinajstić information content (AvgIpc) is 2.90. The van der Waals surface area contributed by atoms with E-state index in [1.165, 1.54) is 49.9 Å². The lowest BCUT2D eigenvalue weighted by Gasteiger charge is -2.33. The summed E-state index contributed by atoms with van der Waals surface area (Å²) < 4.78 is 5.59. The van der Waals surface area contributed by atoms with Crippen LogP contribution < -0.4 is 15.0 Å². The molecule has 1 saturated heterocycles. The lowest BCUT2D eigenvalue weighted by atomic mass is 9.95. The Hall–Kier alpha value is -3.80. The molecule has 0 bridgehead atoms. The van der Waals surface area contributed by atoms with Crippen LogP contribution in [0, 0.1) is 6.92 Å². The second-order valence-electron chi connectivity index (χ2n) is 10.7. The molecule has 200 valence electrons. The van der Waals surface area contributed by atoms with Crippen molar-refractivity contribution in [3.63, 3.8) is 0 Å². The van der Waals surface area contributed by atoms with E-state index in [-0.39, 0.29) is 18.4 Å². The van der Waals surface area contributed by atoms with Gasteiger partial charge in [0.2, 0.25) is 5.91 Å². The van der Waals surface area contributed by atoms with Gasteiger partial charge in [-0.2, -0.15) is 0 Å². The fourth-order valence-corrected chi connectivity index (χ4v) is 4.96. The van der Waals surface area contributed by atoms with E-state index in [1.54, 1.807) is 12.1 Å². The predicted octanol–water partition coefficient (Wildman–Crippen LogP) is 5.87. The van der Waals surface area contributed by atoms with Gasteiger partial charge >= 0.3 is 5.97 Å². The highest BCUT2D eigenvalue weighted by Gasteiger charge is 2.29. The number of carboxylic acid groups (broad SMARTS) is 1. The molecule has 6 nitrogen and oxygen atoms in total. The van der Waals surface area contributed by atoms with Crippen LogP contribution in [0.5, 0.6) is 5.75 Å². The van der Waals surface area contributed by atoms with Gasteiger partial charge in [0, 0.05) is 18.8 Å². The summed E-state index contributed by atoms with van der Waals surface area (Å²) in [4.78, 5) is 27.1. The van der Waals surface area contributed by atoms with Gasteiger partial charge in [-0.25, -0.2) is 4.79 Å². The molecule has 6 heteroatoms. The Bertz CT molecular complexity index is 1250. The first kappa shape index (κ1) is 27.2. The van der Waals surface area contributed by atoms with Crippen LogP contribution in [0.2, 0.25) is 0 Å². The Kier molecular flexibility index (Phi) is 8.72. The van der Waals surface area contributed by atoms with Crippen molar-refractivity contribution in [3.05, 3.63) is 95.1 Å². The fraction of sp³-hybridized carbons (Fsp3) is 0.375. The molecule has 0 aromatic heterocycles. The molecular weight excluding hydrogens is 476 g/mol. The van der Waals surface area contributed by atoms with Crippen LogP contribution in [0.1, 0.15) is 61.4 Å². The van der Waals surface area contributed by atoms with Gasteiger partial charge < -0.3 is 20.1 Å². The number of anilines is 1. The number of piperidine rings is 1.